The zero-order chi connectivity index (χ0) is 20.2. The molecule has 0 amide bonds. The second-order valence-corrected chi connectivity index (χ2v) is 7.77. The lowest BCUT2D eigenvalue weighted by molar-refractivity contribution is 0.327. The summed E-state index contributed by atoms with van der Waals surface area (Å²) >= 11 is 0. The van der Waals surface area contributed by atoms with Gasteiger partial charge in [0, 0.05) is 17.9 Å². The number of benzene rings is 3. The zero-order valence-corrected chi connectivity index (χ0v) is 17.6. The predicted molar refractivity (Wildman–Crippen MR) is 121 cm³/mol. The lowest BCUT2D eigenvalue weighted by Crippen LogP contribution is -2.34. The van der Waals surface area contributed by atoms with Crippen LogP contribution in [0.2, 0.25) is 0 Å². The van der Waals surface area contributed by atoms with E-state index in [9.17, 15) is 0 Å². The molecule has 0 fully saturated rings. The highest BCUT2D eigenvalue weighted by Gasteiger charge is 2.28. The van der Waals surface area contributed by atoms with Gasteiger partial charge in [0.15, 0.2) is 0 Å². The summed E-state index contributed by atoms with van der Waals surface area (Å²) in [6.07, 6.45) is 2.14. The third kappa shape index (κ3) is 4.01. The van der Waals surface area contributed by atoms with Crippen LogP contribution in [0.5, 0.6) is 5.75 Å². The molecule has 1 unspecified atom stereocenters. The highest BCUT2D eigenvalue weighted by atomic mass is 16.5. The summed E-state index contributed by atoms with van der Waals surface area (Å²) in [5.41, 5.74) is 6.78. The number of nitrogens with zero attached hydrogens (tertiary/aromatic N) is 2. The van der Waals surface area contributed by atoms with Crippen LogP contribution in [0.3, 0.4) is 0 Å². The highest BCUT2D eigenvalue weighted by Crippen LogP contribution is 2.42. The fourth-order valence-electron chi connectivity index (χ4n) is 4.24. The van der Waals surface area contributed by atoms with Crippen molar-refractivity contribution in [2.75, 3.05) is 32.1 Å². The molecular formula is C26H30N2O. The van der Waals surface area contributed by atoms with Crippen LogP contribution >= 0.6 is 0 Å². The second kappa shape index (κ2) is 8.71. The number of aryl methyl sites for hydroxylation is 2. The summed E-state index contributed by atoms with van der Waals surface area (Å²) in [5.74, 6) is 0.896. The molecule has 0 bridgehead atoms. The summed E-state index contributed by atoms with van der Waals surface area (Å²) in [6, 6.07) is 26.5. The summed E-state index contributed by atoms with van der Waals surface area (Å²) in [5, 5.41) is 0. The van der Waals surface area contributed by atoms with Gasteiger partial charge in [-0.15, -0.1) is 0 Å². The van der Waals surface area contributed by atoms with Gasteiger partial charge in [-0.3, -0.25) is 0 Å². The quantitative estimate of drug-likeness (QED) is 0.546. The van der Waals surface area contributed by atoms with Gasteiger partial charge in [0.05, 0.1) is 13.2 Å². The van der Waals surface area contributed by atoms with E-state index in [1.165, 1.54) is 28.1 Å². The highest BCUT2D eigenvalue weighted by molar-refractivity contribution is 5.72. The largest absolute Gasteiger partial charge is 0.497 e. The van der Waals surface area contributed by atoms with Gasteiger partial charge in [-0.2, -0.15) is 0 Å². The van der Waals surface area contributed by atoms with E-state index in [0.29, 0.717) is 0 Å². The molecule has 0 saturated carbocycles. The molecule has 0 saturated heterocycles. The van der Waals surface area contributed by atoms with Crippen LogP contribution in [0.4, 0.5) is 11.4 Å². The Balaban J connectivity index is 1.88. The molecule has 3 nitrogen and oxygen atoms in total. The Kier molecular flexibility index (Phi) is 5.86. The summed E-state index contributed by atoms with van der Waals surface area (Å²) in [4.78, 5) is 4.96. The number of hydrogen-bond acceptors (Lipinski definition) is 3. The molecule has 4 rings (SSSR count). The SMILES string of the molecule is CCN(C)CC(c1ccc(OC)cc1)N1c2ccccc2CCc2ccccc21. The van der Waals surface area contributed by atoms with E-state index in [4.69, 9.17) is 4.74 Å². The Hall–Kier alpha value is -2.78. The van der Waals surface area contributed by atoms with Crippen LogP contribution in [0.25, 0.3) is 0 Å². The Labute approximate surface area is 174 Å². The van der Waals surface area contributed by atoms with Crippen molar-refractivity contribution in [3.05, 3.63) is 89.5 Å². The van der Waals surface area contributed by atoms with E-state index in [0.717, 1.165) is 31.7 Å². The average molecular weight is 387 g/mol. The third-order valence-corrected chi connectivity index (χ3v) is 6.00. The van der Waals surface area contributed by atoms with Gasteiger partial charge in [0.25, 0.3) is 0 Å². The zero-order valence-electron chi connectivity index (χ0n) is 17.6. The van der Waals surface area contributed by atoms with Gasteiger partial charge >= 0.3 is 0 Å². The number of hydrogen-bond donors (Lipinski definition) is 0. The smallest absolute Gasteiger partial charge is 0.118 e. The lowest BCUT2D eigenvalue weighted by atomic mass is 10.0. The predicted octanol–water partition coefficient (Wildman–Crippen LogP) is 5.62. The Bertz CT molecular complexity index is 903. The molecule has 3 aromatic rings. The fourth-order valence-corrected chi connectivity index (χ4v) is 4.24. The molecule has 29 heavy (non-hydrogen) atoms. The van der Waals surface area contributed by atoms with Crippen LogP contribution in [-0.4, -0.2) is 32.1 Å². The minimum atomic E-state index is 0.214. The van der Waals surface area contributed by atoms with Crippen molar-refractivity contribution < 1.29 is 4.74 Å². The van der Waals surface area contributed by atoms with Gasteiger partial charge < -0.3 is 14.5 Å². The van der Waals surface area contributed by atoms with Crippen LogP contribution in [0.15, 0.2) is 72.8 Å². The van der Waals surface area contributed by atoms with Crippen molar-refractivity contribution in [2.24, 2.45) is 0 Å². The normalized spacial score (nSPS) is 14.1. The van der Waals surface area contributed by atoms with E-state index in [1.807, 2.05) is 0 Å². The fraction of sp³-hybridized carbons (Fsp3) is 0.308. The summed E-state index contributed by atoms with van der Waals surface area (Å²) in [7, 11) is 3.92. The van der Waals surface area contributed by atoms with Gasteiger partial charge in [0.2, 0.25) is 0 Å². The minimum absolute atomic E-state index is 0.214. The van der Waals surface area contributed by atoms with Crippen molar-refractivity contribution >= 4 is 11.4 Å². The molecular weight excluding hydrogens is 356 g/mol. The van der Waals surface area contributed by atoms with E-state index in [2.05, 4.69) is 96.6 Å². The van der Waals surface area contributed by atoms with Crippen molar-refractivity contribution in [3.8, 4) is 5.75 Å². The number of para-hydroxylation sites is 2. The first kappa shape index (κ1) is 19.5. The maximum Gasteiger partial charge on any atom is 0.118 e. The molecule has 1 aliphatic heterocycles. The lowest BCUT2D eigenvalue weighted by Gasteiger charge is -2.37. The number of methoxy groups -OCH3 is 1. The maximum atomic E-state index is 5.41. The molecule has 1 atom stereocenters. The number of ether oxygens (including phenoxy) is 1. The van der Waals surface area contributed by atoms with Crippen molar-refractivity contribution in [2.45, 2.75) is 25.8 Å². The molecule has 0 N–H and O–H groups in total. The number of fused-ring (bicyclic) bond motifs is 2. The first-order valence-electron chi connectivity index (χ1n) is 10.5. The second-order valence-electron chi connectivity index (χ2n) is 7.77. The average Bonchev–Trinajstić information content (AvgIpc) is 2.94. The standard InChI is InChI=1S/C26H30N2O/c1-4-27(2)19-26(22-15-17-23(29-3)18-16-22)28-24-11-7-5-9-20(24)13-14-21-10-6-8-12-25(21)28/h5-12,15-18,26H,4,13-14,19H2,1-3H3. The first-order valence-corrected chi connectivity index (χ1v) is 10.5. The molecule has 0 spiro atoms. The van der Waals surface area contributed by atoms with Crippen LogP contribution in [0.1, 0.15) is 29.7 Å². The van der Waals surface area contributed by atoms with Gasteiger partial charge in [-0.1, -0.05) is 55.5 Å². The van der Waals surface area contributed by atoms with Crippen LogP contribution in [-0.2, 0) is 12.8 Å². The van der Waals surface area contributed by atoms with Crippen LogP contribution in [0, 0.1) is 0 Å². The monoisotopic (exact) mass is 386 g/mol. The van der Waals surface area contributed by atoms with Crippen LogP contribution < -0.4 is 9.64 Å². The van der Waals surface area contributed by atoms with Gasteiger partial charge in [-0.05, 0) is 67.4 Å². The molecule has 0 aromatic heterocycles. The van der Waals surface area contributed by atoms with E-state index >= 15 is 0 Å². The molecule has 0 aliphatic carbocycles. The summed E-state index contributed by atoms with van der Waals surface area (Å²) in [6.45, 7) is 4.19. The minimum Gasteiger partial charge on any atom is -0.497 e. The van der Waals surface area contributed by atoms with Crippen molar-refractivity contribution in [1.29, 1.82) is 0 Å². The topological polar surface area (TPSA) is 15.7 Å². The Morgan fingerprint density at radius 2 is 1.41 bits per heavy atom. The molecule has 150 valence electrons. The van der Waals surface area contributed by atoms with Gasteiger partial charge in [0.1, 0.15) is 5.75 Å². The Morgan fingerprint density at radius 3 is 1.93 bits per heavy atom. The number of rotatable bonds is 6. The maximum absolute atomic E-state index is 5.41. The van der Waals surface area contributed by atoms with Crippen molar-refractivity contribution in [3.63, 3.8) is 0 Å². The van der Waals surface area contributed by atoms with Gasteiger partial charge in [-0.25, -0.2) is 0 Å². The molecule has 3 aromatic carbocycles. The summed E-state index contributed by atoms with van der Waals surface area (Å²) < 4.78 is 5.41. The van der Waals surface area contributed by atoms with E-state index in [1.54, 1.807) is 7.11 Å². The first-order chi connectivity index (χ1) is 14.2. The third-order valence-electron chi connectivity index (χ3n) is 6.00. The molecule has 0 radical (unpaired) electrons. The number of likely N-dealkylation sites (N-methyl/N-ethyl adjacent to an activating group) is 1. The molecule has 1 aliphatic rings. The van der Waals surface area contributed by atoms with E-state index < -0.39 is 0 Å². The molecule has 1 heterocycles. The molecule has 3 heteroatoms. The van der Waals surface area contributed by atoms with Crippen molar-refractivity contribution in [1.82, 2.24) is 4.90 Å². The van der Waals surface area contributed by atoms with E-state index in [-0.39, 0.29) is 6.04 Å². The number of anilines is 2. The Morgan fingerprint density at radius 1 is 0.862 bits per heavy atom.